The summed E-state index contributed by atoms with van der Waals surface area (Å²) < 4.78 is 35.8. The molecule has 0 aliphatic carbocycles. The molecule has 26 heavy (non-hydrogen) atoms. The molecule has 0 radical (unpaired) electrons. The first-order valence-electron chi connectivity index (χ1n) is 8.29. The van der Waals surface area contributed by atoms with Gasteiger partial charge in [-0.25, -0.2) is 4.79 Å². The highest BCUT2D eigenvalue weighted by Crippen LogP contribution is 2.33. The van der Waals surface area contributed by atoms with E-state index in [1.165, 1.54) is 12.1 Å². The van der Waals surface area contributed by atoms with Gasteiger partial charge in [0.2, 0.25) is 0 Å². The van der Waals surface area contributed by atoms with Gasteiger partial charge in [0.1, 0.15) is 24.0 Å². The van der Waals surface area contributed by atoms with Crippen LogP contribution in [0.1, 0.15) is 17.5 Å². The molecule has 2 N–H and O–H groups in total. The van der Waals surface area contributed by atoms with Gasteiger partial charge in [-0.1, -0.05) is 23.8 Å². The van der Waals surface area contributed by atoms with Crippen LogP contribution in [0.15, 0.2) is 46.1 Å². The van der Waals surface area contributed by atoms with Crippen molar-refractivity contribution in [3.05, 3.63) is 58.0 Å². The molecular formula is C18H18N2O5S. The van der Waals surface area contributed by atoms with Crippen molar-refractivity contribution in [3.63, 3.8) is 0 Å². The number of aryl methyl sites for hydroxylation is 2. The Hall–Kier alpha value is -2.58. The Labute approximate surface area is 150 Å². The molecule has 0 bridgehead atoms. The Morgan fingerprint density at radius 1 is 1.15 bits per heavy atom. The predicted octanol–water partition coefficient (Wildman–Crippen LogP) is 2.26. The van der Waals surface area contributed by atoms with Crippen molar-refractivity contribution in [2.24, 2.45) is 0 Å². The Morgan fingerprint density at radius 3 is 2.69 bits per heavy atom. The minimum atomic E-state index is -3.84. The van der Waals surface area contributed by atoms with Crippen LogP contribution in [0.5, 0.6) is 5.75 Å². The van der Waals surface area contributed by atoms with Gasteiger partial charge in [-0.05, 0) is 43.5 Å². The van der Waals surface area contributed by atoms with Gasteiger partial charge in [0.15, 0.2) is 0 Å². The number of ether oxygens (including phenoxy) is 1. The third-order valence-corrected chi connectivity index (χ3v) is 5.76. The zero-order chi connectivity index (χ0) is 18.3. The molecule has 136 valence electrons. The molecule has 1 aliphatic rings. The van der Waals surface area contributed by atoms with Crippen LogP contribution < -0.4 is 10.4 Å². The van der Waals surface area contributed by atoms with Crippen molar-refractivity contribution in [2.75, 3.05) is 6.61 Å². The zero-order valence-corrected chi connectivity index (χ0v) is 14.9. The van der Waals surface area contributed by atoms with Gasteiger partial charge in [0.05, 0.1) is 10.4 Å². The molecule has 3 aromatic rings. The minimum Gasteiger partial charge on any atom is -0.485 e. The first kappa shape index (κ1) is 16.9. The third-order valence-electron chi connectivity index (χ3n) is 4.46. The molecule has 2 aromatic carbocycles. The van der Waals surface area contributed by atoms with Gasteiger partial charge in [0, 0.05) is 0 Å². The highest BCUT2D eigenvalue weighted by atomic mass is 32.2. The maximum absolute atomic E-state index is 12.3. The first-order chi connectivity index (χ1) is 12.4. The van der Waals surface area contributed by atoms with E-state index < -0.39 is 16.2 Å². The first-order valence-corrected chi connectivity index (χ1v) is 9.70. The monoisotopic (exact) mass is 374 g/mol. The molecule has 2 heterocycles. The van der Waals surface area contributed by atoms with Gasteiger partial charge in [-0.3, -0.25) is 4.18 Å². The summed E-state index contributed by atoms with van der Waals surface area (Å²) in [5.74, 6) is 0.577. The molecule has 8 heteroatoms. The third kappa shape index (κ3) is 3.13. The van der Waals surface area contributed by atoms with Crippen molar-refractivity contribution in [2.45, 2.75) is 30.8 Å². The van der Waals surface area contributed by atoms with Crippen molar-refractivity contribution >= 4 is 21.2 Å². The maximum Gasteiger partial charge on any atom is 0.323 e. The number of aromatic nitrogens is 2. The number of nitrogens with one attached hydrogen (secondary N) is 2. The van der Waals surface area contributed by atoms with Crippen LogP contribution in [0.3, 0.4) is 0 Å². The molecule has 7 nitrogen and oxygen atoms in total. The number of hydrogen-bond acceptors (Lipinski definition) is 5. The Morgan fingerprint density at radius 2 is 1.92 bits per heavy atom. The minimum absolute atomic E-state index is 0.0826. The van der Waals surface area contributed by atoms with E-state index >= 15 is 0 Å². The average Bonchev–Trinajstić information content (AvgIpc) is 3.01. The van der Waals surface area contributed by atoms with Crippen LogP contribution >= 0.6 is 0 Å². The topological polar surface area (TPSA) is 101 Å². The fraction of sp³-hybridized carbons (Fsp3) is 0.278. The van der Waals surface area contributed by atoms with E-state index in [1.807, 2.05) is 19.1 Å². The summed E-state index contributed by atoms with van der Waals surface area (Å²) in [5.41, 5.74) is 2.89. The molecule has 0 saturated heterocycles. The Kier molecular flexibility index (Phi) is 4.08. The molecule has 0 spiro atoms. The fourth-order valence-corrected chi connectivity index (χ4v) is 3.99. The summed E-state index contributed by atoms with van der Waals surface area (Å²) in [6, 6.07) is 10.2. The second-order valence-electron chi connectivity index (χ2n) is 6.39. The molecule has 0 amide bonds. The lowest BCUT2D eigenvalue weighted by atomic mass is 10.0. The van der Waals surface area contributed by atoms with E-state index in [-0.39, 0.29) is 17.2 Å². The smallest absolute Gasteiger partial charge is 0.323 e. The quantitative estimate of drug-likeness (QED) is 0.682. The number of H-pyrrole nitrogens is 2. The second-order valence-corrected chi connectivity index (χ2v) is 8.00. The number of aromatic amines is 2. The van der Waals surface area contributed by atoms with E-state index in [0.717, 1.165) is 17.5 Å². The van der Waals surface area contributed by atoms with E-state index in [0.29, 0.717) is 23.2 Å². The Bertz CT molecular complexity index is 1110. The zero-order valence-electron chi connectivity index (χ0n) is 14.1. The number of hydrogen-bond donors (Lipinski definition) is 2. The largest absolute Gasteiger partial charge is 0.485 e. The van der Waals surface area contributed by atoms with E-state index in [9.17, 15) is 13.2 Å². The van der Waals surface area contributed by atoms with E-state index in [2.05, 4.69) is 9.97 Å². The van der Waals surface area contributed by atoms with Crippen molar-refractivity contribution in [1.82, 2.24) is 9.97 Å². The van der Waals surface area contributed by atoms with Gasteiger partial charge >= 0.3 is 5.69 Å². The highest BCUT2D eigenvalue weighted by molar-refractivity contribution is 7.86. The normalized spacial score (nSPS) is 17.0. The molecule has 1 aliphatic heterocycles. The maximum atomic E-state index is 12.3. The van der Waals surface area contributed by atoms with Crippen LogP contribution in [0.25, 0.3) is 11.0 Å². The highest BCUT2D eigenvalue weighted by Gasteiger charge is 2.25. The van der Waals surface area contributed by atoms with Gasteiger partial charge in [-0.15, -0.1) is 0 Å². The summed E-state index contributed by atoms with van der Waals surface area (Å²) in [4.78, 5) is 17.0. The van der Waals surface area contributed by atoms with E-state index in [4.69, 9.17) is 8.92 Å². The molecule has 1 atom stereocenters. The van der Waals surface area contributed by atoms with Crippen LogP contribution in [0.4, 0.5) is 0 Å². The van der Waals surface area contributed by atoms with Gasteiger partial charge in [-0.2, -0.15) is 8.42 Å². The Balaban J connectivity index is 1.52. The van der Waals surface area contributed by atoms with Gasteiger partial charge in [0.25, 0.3) is 10.1 Å². The average molecular weight is 374 g/mol. The lowest BCUT2D eigenvalue weighted by Crippen LogP contribution is -2.29. The number of fused-ring (bicyclic) bond motifs is 3. The second kappa shape index (κ2) is 6.30. The molecule has 1 unspecified atom stereocenters. The number of rotatable bonds is 4. The summed E-state index contributed by atoms with van der Waals surface area (Å²) in [7, 11) is -3.84. The van der Waals surface area contributed by atoms with Crippen LogP contribution in [-0.4, -0.2) is 31.1 Å². The SMILES string of the molecule is Cc1ccc(S(=O)(=O)OCC2CCc3ccc4[nH]c(=O)[nH]c4c3O2)cc1. The summed E-state index contributed by atoms with van der Waals surface area (Å²) in [6.07, 6.45) is 0.944. The van der Waals surface area contributed by atoms with Crippen molar-refractivity contribution < 1.29 is 17.3 Å². The molecule has 0 fully saturated rings. The van der Waals surface area contributed by atoms with E-state index in [1.54, 1.807) is 12.1 Å². The molecule has 4 rings (SSSR count). The number of benzene rings is 2. The molecule has 1 aromatic heterocycles. The van der Waals surface area contributed by atoms with Crippen molar-refractivity contribution in [1.29, 1.82) is 0 Å². The van der Waals surface area contributed by atoms with Crippen LogP contribution in [0.2, 0.25) is 0 Å². The fourth-order valence-electron chi connectivity index (χ4n) is 3.05. The lowest BCUT2D eigenvalue weighted by molar-refractivity contribution is 0.114. The summed E-state index contributed by atoms with van der Waals surface area (Å²) in [5, 5.41) is 0. The summed E-state index contributed by atoms with van der Waals surface area (Å²) >= 11 is 0. The van der Waals surface area contributed by atoms with Gasteiger partial charge < -0.3 is 14.7 Å². The van der Waals surface area contributed by atoms with Crippen LogP contribution in [-0.2, 0) is 20.7 Å². The summed E-state index contributed by atoms with van der Waals surface area (Å²) in [6.45, 7) is 1.80. The standard InChI is InChI=1S/C18H18N2O5S/c1-11-2-7-14(8-3-11)26(22,23)24-10-13-6-4-12-5-9-15-16(17(12)25-13)20-18(21)19-15/h2-3,5,7-9,13H,4,6,10H2,1H3,(H2,19,20,21). The van der Waals surface area contributed by atoms with Crippen LogP contribution in [0, 0.1) is 6.92 Å². The predicted molar refractivity (Wildman–Crippen MR) is 96.0 cm³/mol. The molecular weight excluding hydrogens is 356 g/mol. The lowest BCUT2D eigenvalue weighted by Gasteiger charge is -2.26. The van der Waals surface area contributed by atoms with Crippen molar-refractivity contribution in [3.8, 4) is 5.75 Å². The molecule has 0 saturated carbocycles. The number of imidazole rings is 1.